The first-order valence-electron chi connectivity index (χ1n) is 5.23. The molecule has 0 radical (unpaired) electrons. The minimum Gasteiger partial charge on any atom is -0.351 e. The first-order valence-corrected chi connectivity index (χ1v) is 6.21. The topological polar surface area (TPSA) is 29.1 Å². The minimum atomic E-state index is -0.0493. The van der Waals surface area contributed by atoms with E-state index in [0.29, 0.717) is 13.0 Å². The Morgan fingerprint density at radius 3 is 2.94 bits per heavy atom. The molecule has 1 rings (SSSR count). The minimum absolute atomic E-state index is 0.0493. The van der Waals surface area contributed by atoms with Gasteiger partial charge in [-0.25, -0.2) is 0 Å². The molecular formula is C13H15NOS. The van der Waals surface area contributed by atoms with Gasteiger partial charge in [0, 0.05) is 17.9 Å². The zero-order chi connectivity index (χ0) is 11.8. The van der Waals surface area contributed by atoms with Gasteiger partial charge in [0.15, 0.2) is 0 Å². The summed E-state index contributed by atoms with van der Waals surface area (Å²) in [6, 6.07) is 7.61. The van der Waals surface area contributed by atoms with E-state index in [0.717, 1.165) is 16.2 Å². The van der Waals surface area contributed by atoms with Gasteiger partial charge in [0.05, 0.1) is 5.56 Å². The first-order chi connectivity index (χ1) is 7.79. The number of hydrogen-bond donors (Lipinski definition) is 1. The number of thioether (sulfide) groups is 1. The predicted octanol–water partition coefficient (Wildman–Crippen LogP) is 2.55. The van der Waals surface area contributed by atoms with E-state index in [1.165, 1.54) is 0 Å². The molecule has 0 aromatic heterocycles. The molecule has 0 aliphatic carbocycles. The molecule has 0 unspecified atom stereocenters. The standard InChI is InChI=1S/C13H15NOS/c1-3-5-10-14-13(15)11-8-6-7-9-12(11)16-4-2/h1,6-9H,4-5,10H2,2H3,(H,14,15). The quantitative estimate of drug-likeness (QED) is 0.481. The molecule has 0 saturated heterocycles. The van der Waals surface area contributed by atoms with Crippen molar-refractivity contribution in [2.24, 2.45) is 0 Å². The van der Waals surface area contributed by atoms with E-state index in [2.05, 4.69) is 18.2 Å². The van der Waals surface area contributed by atoms with E-state index < -0.39 is 0 Å². The van der Waals surface area contributed by atoms with Crippen LogP contribution in [0.2, 0.25) is 0 Å². The van der Waals surface area contributed by atoms with Crippen LogP contribution in [-0.2, 0) is 0 Å². The fourth-order valence-corrected chi connectivity index (χ4v) is 2.08. The summed E-state index contributed by atoms with van der Waals surface area (Å²) in [6.45, 7) is 2.60. The lowest BCUT2D eigenvalue weighted by molar-refractivity contribution is 0.0951. The number of nitrogens with one attached hydrogen (secondary N) is 1. The van der Waals surface area contributed by atoms with Crippen molar-refractivity contribution in [2.45, 2.75) is 18.2 Å². The number of carbonyl (C=O) groups is 1. The van der Waals surface area contributed by atoms with Gasteiger partial charge in [-0.15, -0.1) is 24.1 Å². The molecule has 0 spiro atoms. The zero-order valence-corrected chi connectivity index (χ0v) is 10.1. The highest BCUT2D eigenvalue weighted by molar-refractivity contribution is 7.99. The maximum absolute atomic E-state index is 11.8. The highest BCUT2D eigenvalue weighted by Crippen LogP contribution is 2.21. The Bertz CT molecular complexity index is 395. The molecule has 1 aromatic carbocycles. The number of rotatable bonds is 5. The molecule has 3 heteroatoms. The lowest BCUT2D eigenvalue weighted by atomic mass is 10.2. The molecule has 1 N–H and O–H groups in total. The molecule has 2 nitrogen and oxygen atoms in total. The largest absolute Gasteiger partial charge is 0.351 e. The normalized spacial score (nSPS) is 9.50. The highest BCUT2D eigenvalue weighted by Gasteiger charge is 2.09. The second-order valence-electron chi connectivity index (χ2n) is 3.14. The van der Waals surface area contributed by atoms with Gasteiger partial charge in [-0.1, -0.05) is 19.1 Å². The van der Waals surface area contributed by atoms with E-state index in [1.807, 2.05) is 24.3 Å². The summed E-state index contributed by atoms with van der Waals surface area (Å²) >= 11 is 1.67. The van der Waals surface area contributed by atoms with Crippen LogP contribution in [0.1, 0.15) is 23.7 Å². The van der Waals surface area contributed by atoms with E-state index >= 15 is 0 Å². The molecule has 0 atom stereocenters. The van der Waals surface area contributed by atoms with Crippen molar-refractivity contribution < 1.29 is 4.79 Å². The summed E-state index contributed by atoms with van der Waals surface area (Å²) < 4.78 is 0. The molecule has 0 bridgehead atoms. The van der Waals surface area contributed by atoms with E-state index in [9.17, 15) is 4.79 Å². The van der Waals surface area contributed by atoms with Gasteiger partial charge in [0.2, 0.25) is 0 Å². The van der Waals surface area contributed by atoms with Crippen LogP contribution in [-0.4, -0.2) is 18.2 Å². The number of hydrogen-bond acceptors (Lipinski definition) is 2. The Balaban J connectivity index is 2.70. The molecule has 0 heterocycles. The number of terminal acetylenes is 1. The van der Waals surface area contributed by atoms with Crippen LogP contribution in [0.15, 0.2) is 29.2 Å². The summed E-state index contributed by atoms with van der Waals surface area (Å²) in [5.74, 6) is 3.40. The highest BCUT2D eigenvalue weighted by atomic mass is 32.2. The Labute approximate surface area is 101 Å². The van der Waals surface area contributed by atoms with Gasteiger partial charge in [-0.3, -0.25) is 4.79 Å². The van der Waals surface area contributed by atoms with Crippen molar-refractivity contribution in [1.82, 2.24) is 5.32 Å². The lowest BCUT2D eigenvalue weighted by Gasteiger charge is -2.07. The van der Waals surface area contributed by atoms with Crippen LogP contribution in [0, 0.1) is 12.3 Å². The van der Waals surface area contributed by atoms with Crippen LogP contribution in [0.5, 0.6) is 0 Å². The number of amides is 1. The first kappa shape index (κ1) is 12.7. The molecule has 0 saturated carbocycles. The van der Waals surface area contributed by atoms with Crippen molar-refractivity contribution >= 4 is 17.7 Å². The van der Waals surface area contributed by atoms with Gasteiger partial charge in [0.1, 0.15) is 0 Å². The third-order valence-electron chi connectivity index (χ3n) is 1.99. The van der Waals surface area contributed by atoms with E-state index in [-0.39, 0.29) is 5.91 Å². The predicted molar refractivity (Wildman–Crippen MR) is 68.6 cm³/mol. The van der Waals surface area contributed by atoms with Crippen LogP contribution in [0.25, 0.3) is 0 Å². The van der Waals surface area contributed by atoms with E-state index in [4.69, 9.17) is 6.42 Å². The maximum atomic E-state index is 11.8. The third-order valence-corrected chi connectivity index (χ3v) is 2.94. The van der Waals surface area contributed by atoms with Crippen molar-refractivity contribution in [1.29, 1.82) is 0 Å². The molecular weight excluding hydrogens is 218 g/mol. The summed E-state index contributed by atoms with van der Waals surface area (Å²) in [5.41, 5.74) is 0.728. The molecule has 0 fully saturated rings. The smallest absolute Gasteiger partial charge is 0.252 e. The summed E-state index contributed by atoms with van der Waals surface area (Å²) in [5, 5.41) is 2.80. The van der Waals surface area contributed by atoms with Gasteiger partial charge in [-0.05, 0) is 17.9 Å². The fourth-order valence-electron chi connectivity index (χ4n) is 1.28. The average Bonchev–Trinajstić information content (AvgIpc) is 2.30. The van der Waals surface area contributed by atoms with Crippen molar-refractivity contribution in [2.75, 3.05) is 12.3 Å². The van der Waals surface area contributed by atoms with Crippen LogP contribution in [0.4, 0.5) is 0 Å². The van der Waals surface area contributed by atoms with Gasteiger partial charge < -0.3 is 5.32 Å². The van der Waals surface area contributed by atoms with Crippen molar-refractivity contribution in [3.63, 3.8) is 0 Å². The Hall–Kier alpha value is -1.40. The van der Waals surface area contributed by atoms with Crippen molar-refractivity contribution in [3.8, 4) is 12.3 Å². The zero-order valence-electron chi connectivity index (χ0n) is 9.32. The number of benzene rings is 1. The molecule has 1 aromatic rings. The second kappa shape index (κ2) is 6.97. The molecule has 16 heavy (non-hydrogen) atoms. The third kappa shape index (κ3) is 3.63. The fraction of sp³-hybridized carbons (Fsp3) is 0.308. The van der Waals surface area contributed by atoms with E-state index in [1.54, 1.807) is 11.8 Å². The van der Waals surface area contributed by atoms with Gasteiger partial charge >= 0.3 is 0 Å². The Morgan fingerprint density at radius 1 is 1.50 bits per heavy atom. The average molecular weight is 233 g/mol. The van der Waals surface area contributed by atoms with Crippen LogP contribution in [0.3, 0.4) is 0 Å². The molecule has 84 valence electrons. The molecule has 0 aliphatic rings. The lowest BCUT2D eigenvalue weighted by Crippen LogP contribution is -2.24. The van der Waals surface area contributed by atoms with Crippen LogP contribution >= 0.6 is 11.8 Å². The number of carbonyl (C=O) groups excluding carboxylic acids is 1. The maximum Gasteiger partial charge on any atom is 0.252 e. The molecule has 0 aliphatic heterocycles. The van der Waals surface area contributed by atoms with Crippen molar-refractivity contribution in [3.05, 3.63) is 29.8 Å². The summed E-state index contributed by atoms with van der Waals surface area (Å²) in [4.78, 5) is 12.8. The Kier molecular flexibility index (Phi) is 5.52. The van der Waals surface area contributed by atoms with Crippen LogP contribution < -0.4 is 5.32 Å². The van der Waals surface area contributed by atoms with Gasteiger partial charge in [-0.2, -0.15) is 0 Å². The monoisotopic (exact) mass is 233 g/mol. The summed E-state index contributed by atoms with van der Waals surface area (Å²) in [6.07, 6.45) is 5.69. The summed E-state index contributed by atoms with van der Waals surface area (Å²) in [7, 11) is 0. The Morgan fingerprint density at radius 2 is 2.25 bits per heavy atom. The second-order valence-corrected chi connectivity index (χ2v) is 4.45. The van der Waals surface area contributed by atoms with Gasteiger partial charge in [0.25, 0.3) is 5.91 Å². The SMILES string of the molecule is C#CCCNC(=O)c1ccccc1SCC. The molecule has 1 amide bonds.